The van der Waals surface area contributed by atoms with E-state index in [0.717, 1.165) is 5.56 Å². The Morgan fingerprint density at radius 2 is 1.95 bits per heavy atom. The van der Waals surface area contributed by atoms with Crippen molar-refractivity contribution in [2.45, 2.75) is 39.3 Å². The van der Waals surface area contributed by atoms with E-state index in [1.807, 2.05) is 44.2 Å². The van der Waals surface area contributed by atoms with Crippen molar-refractivity contribution in [3.63, 3.8) is 0 Å². The smallest absolute Gasteiger partial charge is 0.437 e. The Morgan fingerprint density at radius 3 is 2.65 bits per heavy atom. The van der Waals surface area contributed by atoms with Crippen LogP contribution in [0.25, 0.3) is 5.57 Å². The highest BCUT2D eigenvalue weighted by molar-refractivity contribution is 5.76. The highest BCUT2D eigenvalue weighted by Crippen LogP contribution is 2.44. The molecule has 4 rings (SSSR count). The quantitative estimate of drug-likeness (QED) is 0.245. The molecule has 0 bridgehead atoms. The van der Waals surface area contributed by atoms with E-state index in [1.54, 1.807) is 19.1 Å². The van der Waals surface area contributed by atoms with E-state index in [0.29, 0.717) is 34.9 Å². The molecule has 2 atom stereocenters. The molecule has 11 heteroatoms. The number of carbonyl (C=O) groups excluding carboxylic acids is 1. The van der Waals surface area contributed by atoms with Gasteiger partial charge in [0.25, 0.3) is 11.6 Å². The van der Waals surface area contributed by atoms with Crippen LogP contribution in [0.5, 0.6) is 0 Å². The Hall–Kier alpha value is -4.51. The maximum atomic E-state index is 12.1. The number of nitrogens with one attached hydrogen (secondary N) is 2. The van der Waals surface area contributed by atoms with E-state index in [1.165, 1.54) is 19.2 Å². The van der Waals surface area contributed by atoms with E-state index in [2.05, 4.69) is 20.8 Å². The molecule has 0 radical (unpaired) electrons. The number of nitrogens with zero attached hydrogens (tertiary/aromatic N) is 3. The molecule has 0 spiro atoms. The number of nitro benzene ring substituents is 1. The number of hydrogen-bond acceptors (Lipinski definition) is 10. The van der Waals surface area contributed by atoms with Crippen LogP contribution < -0.4 is 10.6 Å². The zero-order valence-electron chi connectivity index (χ0n) is 20.8. The summed E-state index contributed by atoms with van der Waals surface area (Å²) in [4.78, 5) is 27.6. The molecule has 0 amide bonds. The third-order valence-electron chi connectivity index (χ3n) is 6.04. The number of rotatable bonds is 8. The second-order valence-corrected chi connectivity index (χ2v) is 8.52. The minimum absolute atomic E-state index is 0.0590. The Balaban J connectivity index is 1.68. The molecular weight excluding hydrogens is 478 g/mol. The largest absolute Gasteiger partial charge is 0.513 e. The number of ether oxygens (including phenoxy) is 2. The summed E-state index contributed by atoms with van der Waals surface area (Å²) in [5.41, 5.74) is 3.28. The summed E-state index contributed by atoms with van der Waals surface area (Å²) in [6, 6.07) is 16.1. The number of methoxy groups -OCH3 is 1. The predicted molar refractivity (Wildman–Crippen MR) is 134 cm³/mol. The van der Waals surface area contributed by atoms with Crippen molar-refractivity contribution >= 4 is 17.4 Å². The van der Waals surface area contributed by atoms with Gasteiger partial charge in [0.2, 0.25) is 0 Å². The first-order chi connectivity index (χ1) is 17.8. The van der Waals surface area contributed by atoms with Gasteiger partial charge in [0.05, 0.1) is 35.8 Å². The predicted octanol–water partition coefficient (Wildman–Crippen LogP) is 4.96. The standard InChI is InChI=1S/C26H27N5O6/c1-15(18-9-6-5-7-10-18)27-14-21-29-25(37-30-21)22-16(2)28-17(3)24(36-26(32)35-4)23(22)19-11-8-12-20(13-19)31(33)34/h5-13,15,23,27-28H,14H2,1-4H3. The molecule has 2 unspecified atom stereocenters. The Labute approximate surface area is 213 Å². The maximum Gasteiger partial charge on any atom is 0.513 e. The minimum atomic E-state index is -0.921. The number of carbonyl (C=O) groups is 1. The summed E-state index contributed by atoms with van der Waals surface area (Å²) < 4.78 is 15.8. The van der Waals surface area contributed by atoms with Crippen molar-refractivity contribution in [1.29, 1.82) is 0 Å². The van der Waals surface area contributed by atoms with Crippen molar-refractivity contribution in [1.82, 2.24) is 20.8 Å². The normalized spacial score (nSPS) is 16.3. The molecule has 2 aromatic carbocycles. The molecule has 0 saturated heterocycles. The number of dihydropyridines is 1. The molecule has 1 aromatic heterocycles. The third kappa shape index (κ3) is 5.67. The van der Waals surface area contributed by atoms with Crippen molar-refractivity contribution < 1.29 is 23.7 Å². The van der Waals surface area contributed by atoms with E-state index < -0.39 is 17.0 Å². The van der Waals surface area contributed by atoms with Gasteiger partial charge < -0.3 is 24.6 Å². The maximum absolute atomic E-state index is 12.1. The molecule has 2 N–H and O–H groups in total. The number of hydrogen-bond donors (Lipinski definition) is 2. The van der Waals surface area contributed by atoms with Crippen LogP contribution in [-0.4, -0.2) is 28.3 Å². The van der Waals surface area contributed by atoms with E-state index >= 15 is 0 Å². The molecular formula is C26H27N5O6. The zero-order chi connectivity index (χ0) is 26.5. The molecule has 11 nitrogen and oxygen atoms in total. The minimum Gasteiger partial charge on any atom is -0.437 e. The number of benzene rings is 2. The topological polar surface area (TPSA) is 142 Å². The van der Waals surface area contributed by atoms with Gasteiger partial charge in [-0.2, -0.15) is 4.98 Å². The Morgan fingerprint density at radius 1 is 1.19 bits per heavy atom. The summed E-state index contributed by atoms with van der Waals surface area (Å²) in [5.74, 6) is 0.0926. The summed E-state index contributed by atoms with van der Waals surface area (Å²) in [7, 11) is 1.20. The van der Waals surface area contributed by atoms with Crippen LogP contribution in [0, 0.1) is 10.1 Å². The van der Waals surface area contributed by atoms with E-state index in [9.17, 15) is 14.9 Å². The van der Waals surface area contributed by atoms with Gasteiger partial charge >= 0.3 is 6.16 Å². The van der Waals surface area contributed by atoms with Crippen LogP contribution in [0.1, 0.15) is 55.6 Å². The summed E-state index contributed by atoms with van der Waals surface area (Å²) in [6.45, 7) is 5.94. The van der Waals surface area contributed by atoms with E-state index in [-0.39, 0.29) is 23.4 Å². The van der Waals surface area contributed by atoms with Gasteiger partial charge in [0, 0.05) is 23.9 Å². The number of allylic oxidation sites excluding steroid dienone is 3. The van der Waals surface area contributed by atoms with Crippen molar-refractivity contribution in [2.24, 2.45) is 0 Å². The average Bonchev–Trinajstić information content (AvgIpc) is 3.37. The van der Waals surface area contributed by atoms with Crippen molar-refractivity contribution in [3.8, 4) is 0 Å². The molecule has 192 valence electrons. The fourth-order valence-electron chi connectivity index (χ4n) is 4.20. The lowest BCUT2D eigenvalue weighted by Crippen LogP contribution is -2.26. The summed E-state index contributed by atoms with van der Waals surface area (Å²) in [6.07, 6.45) is -0.921. The zero-order valence-corrected chi connectivity index (χ0v) is 20.8. The second-order valence-electron chi connectivity index (χ2n) is 8.52. The monoisotopic (exact) mass is 505 g/mol. The average molecular weight is 506 g/mol. The second kappa shape index (κ2) is 11.0. The highest BCUT2D eigenvalue weighted by atomic mass is 16.7. The molecule has 1 aliphatic rings. The van der Waals surface area contributed by atoms with Crippen molar-refractivity contribution in [3.05, 3.63) is 105 Å². The van der Waals surface area contributed by atoms with Gasteiger partial charge in [-0.05, 0) is 31.9 Å². The molecule has 2 heterocycles. The lowest BCUT2D eigenvalue weighted by atomic mass is 9.84. The Kier molecular flexibility index (Phi) is 7.63. The first-order valence-electron chi connectivity index (χ1n) is 11.6. The van der Waals surface area contributed by atoms with Crippen LogP contribution in [0.4, 0.5) is 10.5 Å². The van der Waals surface area contributed by atoms with Gasteiger partial charge in [0.15, 0.2) is 5.82 Å². The number of aromatic nitrogens is 2. The van der Waals surface area contributed by atoms with Crippen LogP contribution in [-0.2, 0) is 16.0 Å². The number of non-ortho nitro benzene ring substituents is 1. The van der Waals surface area contributed by atoms with Crippen molar-refractivity contribution in [2.75, 3.05) is 7.11 Å². The van der Waals surface area contributed by atoms with Gasteiger partial charge in [-0.1, -0.05) is 47.6 Å². The van der Waals surface area contributed by atoms with Crippen LogP contribution in [0.15, 0.2) is 76.3 Å². The third-order valence-corrected chi connectivity index (χ3v) is 6.04. The number of nitro groups is 1. The lowest BCUT2D eigenvalue weighted by molar-refractivity contribution is -0.384. The van der Waals surface area contributed by atoms with Crippen LogP contribution in [0.2, 0.25) is 0 Å². The molecule has 0 saturated carbocycles. The van der Waals surface area contributed by atoms with Gasteiger partial charge in [-0.25, -0.2) is 4.79 Å². The fourth-order valence-corrected chi connectivity index (χ4v) is 4.20. The molecule has 0 fully saturated rings. The lowest BCUT2D eigenvalue weighted by Gasteiger charge is -2.29. The molecule has 3 aromatic rings. The van der Waals surface area contributed by atoms with E-state index in [4.69, 9.17) is 14.0 Å². The summed E-state index contributed by atoms with van der Waals surface area (Å²) >= 11 is 0. The van der Waals surface area contributed by atoms with Gasteiger partial charge in [-0.3, -0.25) is 10.1 Å². The Bertz CT molecular complexity index is 1360. The molecule has 0 aliphatic carbocycles. The highest BCUT2D eigenvalue weighted by Gasteiger charge is 2.36. The fraction of sp³-hybridized carbons (Fsp3) is 0.269. The first kappa shape index (κ1) is 25.6. The first-order valence-corrected chi connectivity index (χ1v) is 11.6. The van der Waals surface area contributed by atoms with Gasteiger partial charge in [0.1, 0.15) is 5.76 Å². The summed E-state index contributed by atoms with van der Waals surface area (Å²) in [5, 5.41) is 22.1. The van der Waals surface area contributed by atoms with Crippen LogP contribution in [0.3, 0.4) is 0 Å². The van der Waals surface area contributed by atoms with Gasteiger partial charge in [-0.15, -0.1) is 0 Å². The van der Waals surface area contributed by atoms with Crippen LogP contribution >= 0.6 is 0 Å². The SMILES string of the molecule is COC(=O)OC1=C(C)NC(C)=C(c2nc(CNC(C)c3ccccc3)no2)C1c1cccc([N+](=O)[O-])c1. The molecule has 1 aliphatic heterocycles. The molecule has 37 heavy (non-hydrogen) atoms.